The van der Waals surface area contributed by atoms with E-state index in [2.05, 4.69) is 36.5 Å². The highest BCUT2D eigenvalue weighted by Crippen LogP contribution is 2.18. The second-order valence-corrected chi connectivity index (χ2v) is 5.74. The molecule has 108 valence electrons. The predicted molar refractivity (Wildman–Crippen MR) is 76.9 cm³/mol. The van der Waals surface area contributed by atoms with Crippen LogP contribution < -0.4 is 5.32 Å². The Morgan fingerprint density at radius 1 is 1.42 bits per heavy atom. The van der Waals surface area contributed by atoms with Crippen LogP contribution in [0.15, 0.2) is 12.3 Å². The molecule has 2 N–H and O–H groups in total. The van der Waals surface area contributed by atoms with Gasteiger partial charge >= 0.3 is 0 Å². The summed E-state index contributed by atoms with van der Waals surface area (Å²) < 4.78 is 2.03. The molecule has 0 saturated heterocycles. The number of hydrogen-bond acceptors (Lipinski definition) is 3. The van der Waals surface area contributed by atoms with Gasteiger partial charge in [0, 0.05) is 24.8 Å². The maximum absolute atomic E-state index is 10.1. The van der Waals surface area contributed by atoms with Crippen LogP contribution in [0.1, 0.15) is 64.1 Å². The average molecular weight is 265 g/mol. The predicted octanol–water partition coefficient (Wildman–Crippen LogP) is 2.64. The van der Waals surface area contributed by atoms with Gasteiger partial charge in [-0.15, -0.1) is 0 Å². The van der Waals surface area contributed by atoms with Crippen molar-refractivity contribution in [1.29, 1.82) is 0 Å². The number of aromatic nitrogens is 2. The standard InChI is InChI=1S/C15H27N3O/c1-3-12(2)18-10-9-13(17-18)11-16-14-7-5-4-6-8-15(14)19/h9-10,12,14-16,19H,3-8,11H2,1-2H3. The van der Waals surface area contributed by atoms with Crippen LogP contribution in [-0.4, -0.2) is 27.0 Å². The first kappa shape index (κ1) is 14.5. The smallest absolute Gasteiger partial charge is 0.0762 e. The van der Waals surface area contributed by atoms with E-state index in [1.807, 2.05) is 4.68 Å². The van der Waals surface area contributed by atoms with Gasteiger partial charge in [0.1, 0.15) is 0 Å². The Labute approximate surface area is 116 Å². The van der Waals surface area contributed by atoms with Crippen molar-refractivity contribution in [3.05, 3.63) is 18.0 Å². The lowest BCUT2D eigenvalue weighted by molar-refractivity contribution is 0.119. The molecule has 1 aliphatic carbocycles. The van der Waals surface area contributed by atoms with Gasteiger partial charge < -0.3 is 10.4 Å². The number of aliphatic hydroxyl groups is 1. The fourth-order valence-electron chi connectivity index (χ4n) is 2.67. The molecule has 4 nitrogen and oxygen atoms in total. The fraction of sp³-hybridized carbons (Fsp3) is 0.800. The second kappa shape index (κ2) is 7.06. The van der Waals surface area contributed by atoms with Crippen molar-refractivity contribution in [2.45, 2.75) is 77.1 Å². The molecule has 3 atom stereocenters. The zero-order valence-corrected chi connectivity index (χ0v) is 12.2. The van der Waals surface area contributed by atoms with Crippen LogP contribution in [0.2, 0.25) is 0 Å². The SMILES string of the molecule is CCC(C)n1ccc(CNC2CCCCCC2O)n1. The highest BCUT2D eigenvalue weighted by atomic mass is 16.3. The third-order valence-corrected chi connectivity index (χ3v) is 4.23. The van der Waals surface area contributed by atoms with Crippen LogP contribution in [-0.2, 0) is 6.54 Å². The Morgan fingerprint density at radius 2 is 2.21 bits per heavy atom. The van der Waals surface area contributed by atoms with Crippen molar-refractivity contribution in [2.75, 3.05) is 0 Å². The van der Waals surface area contributed by atoms with Crippen molar-refractivity contribution < 1.29 is 5.11 Å². The second-order valence-electron chi connectivity index (χ2n) is 5.74. The molecule has 3 unspecified atom stereocenters. The van der Waals surface area contributed by atoms with E-state index in [4.69, 9.17) is 0 Å². The average Bonchev–Trinajstić information content (AvgIpc) is 2.80. The maximum Gasteiger partial charge on any atom is 0.0762 e. The Bertz CT molecular complexity index is 377. The first-order valence-corrected chi connectivity index (χ1v) is 7.66. The minimum Gasteiger partial charge on any atom is -0.392 e. The first-order valence-electron chi connectivity index (χ1n) is 7.66. The van der Waals surface area contributed by atoms with Gasteiger partial charge in [0.2, 0.25) is 0 Å². The quantitative estimate of drug-likeness (QED) is 0.805. The van der Waals surface area contributed by atoms with Gasteiger partial charge in [-0.25, -0.2) is 0 Å². The van der Waals surface area contributed by atoms with E-state index < -0.39 is 0 Å². The molecular weight excluding hydrogens is 238 g/mol. The van der Waals surface area contributed by atoms with Crippen LogP contribution in [0.5, 0.6) is 0 Å². The molecule has 1 saturated carbocycles. The summed E-state index contributed by atoms with van der Waals surface area (Å²) in [5.74, 6) is 0. The lowest BCUT2D eigenvalue weighted by Gasteiger charge is -2.21. The molecule has 1 fully saturated rings. The van der Waals surface area contributed by atoms with E-state index in [1.165, 1.54) is 12.8 Å². The summed E-state index contributed by atoms with van der Waals surface area (Å²) in [6.07, 6.45) is 8.58. The lowest BCUT2D eigenvalue weighted by Crippen LogP contribution is -2.38. The number of nitrogens with zero attached hydrogens (tertiary/aromatic N) is 2. The molecule has 0 bridgehead atoms. The van der Waals surface area contributed by atoms with Crippen molar-refractivity contribution in [3.8, 4) is 0 Å². The Kier molecular flexibility index (Phi) is 5.40. The number of nitrogens with one attached hydrogen (secondary N) is 1. The minimum atomic E-state index is -0.195. The number of hydrogen-bond donors (Lipinski definition) is 2. The summed E-state index contributed by atoms with van der Waals surface area (Å²) in [5, 5.41) is 18.1. The fourth-order valence-corrected chi connectivity index (χ4v) is 2.67. The van der Waals surface area contributed by atoms with Gasteiger partial charge in [0.25, 0.3) is 0 Å². The van der Waals surface area contributed by atoms with Crippen molar-refractivity contribution in [1.82, 2.24) is 15.1 Å². The van der Waals surface area contributed by atoms with E-state index in [1.54, 1.807) is 0 Å². The number of aliphatic hydroxyl groups excluding tert-OH is 1. The Balaban J connectivity index is 1.85. The minimum absolute atomic E-state index is 0.195. The Morgan fingerprint density at radius 3 is 3.00 bits per heavy atom. The molecule has 2 rings (SSSR count). The molecule has 0 spiro atoms. The largest absolute Gasteiger partial charge is 0.392 e. The van der Waals surface area contributed by atoms with Gasteiger partial charge in [-0.3, -0.25) is 4.68 Å². The van der Waals surface area contributed by atoms with E-state index in [9.17, 15) is 5.11 Å². The van der Waals surface area contributed by atoms with Gasteiger partial charge in [0.15, 0.2) is 0 Å². The summed E-state index contributed by atoms with van der Waals surface area (Å²) >= 11 is 0. The van der Waals surface area contributed by atoms with Gasteiger partial charge in [-0.05, 0) is 32.3 Å². The maximum atomic E-state index is 10.1. The molecule has 1 heterocycles. The highest BCUT2D eigenvalue weighted by molar-refractivity contribution is 5.00. The molecule has 0 amide bonds. The van der Waals surface area contributed by atoms with E-state index in [-0.39, 0.29) is 12.1 Å². The van der Waals surface area contributed by atoms with E-state index >= 15 is 0 Å². The summed E-state index contributed by atoms with van der Waals surface area (Å²) in [4.78, 5) is 0. The van der Waals surface area contributed by atoms with Crippen LogP contribution in [0.4, 0.5) is 0 Å². The molecule has 19 heavy (non-hydrogen) atoms. The molecule has 1 aromatic rings. The molecule has 4 heteroatoms. The normalized spacial score (nSPS) is 26.1. The van der Waals surface area contributed by atoms with Gasteiger partial charge in [-0.2, -0.15) is 5.10 Å². The number of rotatable bonds is 5. The molecule has 0 aromatic carbocycles. The van der Waals surface area contributed by atoms with Crippen molar-refractivity contribution in [3.63, 3.8) is 0 Å². The summed E-state index contributed by atoms with van der Waals surface area (Å²) in [6, 6.07) is 2.76. The molecule has 0 aliphatic heterocycles. The topological polar surface area (TPSA) is 50.1 Å². The Hall–Kier alpha value is -0.870. The summed E-state index contributed by atoms with van der Waals surface area (Å²) in [5.41, 5.74) is 1.07. The first-order chi connectivity index (χ1) is 9.20. The summed E-state index contributed by atoms with van der Waals surface area (Å²) in [6.45, 7) is 5.11. The molecular formula is C15H27N3O. The van der Waals surface area contributed by atoms with Crippen LogP contribution in [0.25, 0.3) is 0 Å². The van der Waals surface area contributed by atoms with Crippen LogP contribution in [0, 0.1) is 0 Å². The molecule has 0 radical (unpaired) electrons. The molecule has 1 aromatic heterocycles. The van der Waals surface area contributed by atoms with Gasteiger partial charge in [0.05, 0.1) is 11.8 Å². The monoisotopic (exact) mass is 265 g/mol. The zero-order valence-electron chi connectivity index (χ0n) is 12.2. The zero-order chi connectivity index (χ0) is 13.7. The van der Waals surface area contributed by atoms with E-state index in [0.717, 1.165) is 37.9 Å². The lowest BCUT2D eigenvalue weighted by atomic mass is 10.1. The van der Waals surface area contributed by atoms with Crippen molar-refractivity contribution >= 4 is 0 Å². The van der Waals surface area contributed by atoms with Crippen LogP contribution >= 0.6 is 0 Å². The van der Waals surface area contributed by atoms with Crippen molar-refractivity contribution in [2.24, 2.45) is 0 Å². The van der Waals surface area contributed by atoms with Gasteiger partial charge in [-0.1, -0.05) is 26.2 Å². The third kappa shape index (κ3) is 4.05. The van der Waals surface area contributed by atoms with E-state index in [0.29, 0.717) is 6.04 Å². The molecule has 1 aliphatic rings. The third-order valence-electron chi connectivity index (χ3n) is 4.23. The summed E-state index contributed by atoms with van der Waals surface area (Å²) in [7, 11) is 0. The highest BCUT2D eigenvalue weighted by Gasteiger charge is 2.21. The van der Waals surface area contributed by atoms with Crippen LogP contribution in [0.3, 0.4) is 0 Å².